The Labute approximate surface area is 109 Å². The highest BCUT2D eigenvalue weighted by atomic mass is 32.2. The molecule has 3 N–H and O–H groups in total. The van der Waals surface area contributed by atoms with Gasteiger partial charge >= 0.3 is 5.69 Å². The summed E-state index contributed by atoms with van der Waals surface area (Å²) in [5.74, 6) is 0. The summed E-state index contributed by atoms with van der Waals surface area (Å²) in [6.45, 7) is 2.09. The van der Waals surface area contributed by atoms with Crippen molar-refractivity contribution in [2.24, 2.45) is 0 Å². The van der Waals surface area contributed by atoms with Crippen molar-refractivity contribution < 1.29 is 13.2 Å². The molecule has 9 heteroatoms. The summed E-state index contributed by atoms with van der Waals surface area (Å²) in [5.41, 5.74) is -1.66. The molecular weight excluding hydrogens is 274 g/mol. The number of aromatic amines is 2. The van der Waals surface area contributed by atoms with Gasteiger partial charge in [0.2, 0.25) is 10.0 Å². The fourth-order valence-electron chi connectivity index (χ4n) is 1.99. The highest BCUT2D eigenvalue weighted by Gasteiger charge is 2.24. The molecule has 0 radical (unpaired) electrons. The first-order valence-electron chi connectivity index (χ1n) is 5.84. The maximum absolute atomic E-state index is 12.0. The van der Waals surface area contributed by atoms with Crippen LogP contribution in [0.3, 0.4) is 0 Å². The number of rotatable bonds is 4. The number of hydrogen-bond acceptors (Lipinski definition) is 5. The summed E-state index contributed by atoms with van der Waals surface area (Å²) < 4.78 is 31.7. The average Bonchev–Trinajstić information content (AvgIpc) is 2.77. The Morgan fingerprint density at radius 2 is 2.11 bits per heavy atom. The van der Waals surface area contributed by atoms with Gasteiger partial charge in [0.25, 0.3) is 5.56 Å². The van der Waals surface area contributed by atoms with E-state index >= 15 is 0 Å². The van der Waals surface area contributed by atoms with Crippen LogP contribution in [0.15, 0.2) is 14.5 Å². The van der Waals surface area contributed by atoms with Gasteiger partial charge in [-0.25, -0.2) is 17.9 Å². The predicted molar refractivity (Wildman–Crippen MR) is 66.6 cm³/mol. The lowest BCUT2D eigenvalue weighted by atomic mass is 10.2. The van der Waals surface area contributed by atoms with Crippen molar-refractivity contribution in [1.82, 2.24) is 14.7 Å². The molecule has 1 aliphatic rings. The molecule has 1 saturated heterocycles. The smallest absolute Gasteiger partial charge is 0.325 e. The topological polar surface area (TPSA) is 121 Å². The van der Waals surface area contributed by atoms with Gasteiger partial charge in [-0.15, -0.1) is 0 Å². The lowest BCUT2D eigenvalue weighted by molar-refractivity contribution is 0.114. The third-order valence-corrected chi connectivity index (χ3v) is 4.44. The van der Waals surface area contributed by atoms with Crippen LogP contribution in [0.5, 0.6) is 0 Å². The van der Waals surface area contributed by atoms with Gasteiger partial charge in [0, 0.05) is 18.8 Å². The van der Waals surface area contributed by atoms with Gasteiger partial charge in [0.05, 0.1) is 6.10 Å². The molecule has 0 aliphatic carbocycles. The third-order valence-electron chi connectivity index (χ3n) is 2.87. The monoisotopic (exact) mass is 289 g/mol. The summed E-state index contributed by atoms with van der Waals surface area (Å²) in [6, 6.07) is 0. The summed E-state index contributed by atoms with van der Waals surface area (Å²) in [4.78, 5) is 26.3. The van der Waals surface area contributed by atoms with Crippen LogP contribution in [0, 0.1) is 6.92 Å². The van der Waals surface area contributed by atoms with Crippen molar-refractivity contribution in [3.8, 4) is 0 Å². The Hall–Kier alpha value is -1.45. The summed E-state index contributed by atoms with van der Waals surface area (Å²) in [7, 11) is -3.97. The maximum atomic E-state index is 12.0. The lowest BCUT2D eigenvalue weighted by Crippen LogP contribution is -2.37. The fourth-order valence-corrected chi connectivity index (χ4v) is 3.29. The molecule has 1 aromatic rings. The number of hydrogen-bond donors (Lipinski definition) is 3. The van der Waals surface area contributed by atoms with Gasteiger partial charge in [-0.2, -0.15) is 0 Å². The normalized spacial score (nSPS) is 19.7. The Kier molecular flexibility index (Phi) is 3.88. The second kappa shape index (κ2) is 5.27. The summed E-state index contributed by atoms with van der Waals surface area (Å²) in [6.07, 6.45) is 1.51. The van der Waals surface area contributed by atoms with E-state index in [0.29, 0.717) is 6.61 Å². The molecule has 1 unspecified atom stereocenters. The molecule has 0 aromatic carbocycles. The van der Waals surface area contributed by atoms with E-state index in [1.165, 1.54) is 6.92 Å². The largest absolute Gasteiger partial charge is 0.377 e. The van der Waals surface area contributed by atoms with Crippen molar-refractivity contribution in [2.75, 3.05) is 13.2 Å². The Bertz CT molecular complexity index is 669. The quantitative estimate of drug-likeness (QED) is 0.645. The minimum absolute atomic E-state index is 0.00795. The molecule has 1 fully saturated rings. The number of nitrogens with one attached hydrogen (secondary N) is 3. The first-order chi connectivity index (χ1) is 8.90. The molecule has 1 atom stereocenters. The molecule has 19 heavy (non-hydrogen) atoms. The Morgan fingerprint density at radius 3 is 2.68 bits per heavy atom. The van der Waals surface area contributed by atoms with Crippen molar-refractivity contribution in [2.45, 2.75) is 30.8 Å². The van der Waals surface area contributed by atoms with Gasteiger partial charge in [-0.05, 0) is 19.8 Å². The number of sulfonamides is 1. The van der Waals surface area contributed by atoms with Crippen molar-refractivity contribution in [3.05, 3.63) is 26.5 Å². The molecule has 8 nitrogen and oxygen atoms in total. The van der Waals surface area contributed by atoms with Crippen molar-refractivity contribution in [1.29, 1.82) is 0 Å². The van der Waals surface area contributed by atoms with E-state index in [1.807, 2.05) is 4.98 Å². The van der Waals surface area contributed by atoms with E-state index in [-0.39, 0.29) is 18.3 Å². The highest BCUT2D eigenvalue weighted by molar-refractivity contribution is 7.89. The average molecular weight is 289 g/mol. The molecule has 0 spiro atoms. The number of aryl methyl sites for hydroxylation is 1. The predicted octanol–water partition coefficient (Wildman–Crippen LogP) is -1.17. The second-order valence-electron chi connectivity index (χ2n) is 4.35. The SMILES string of the molecule is Cc1[nH]c(=O)[nH]c(=O)c1S(=O)(=O)NCC1CCCO1. The molecule has 0 bridgehead atoms. The van der Waals surface area contributed by atoms with Gasteiger partial charge in [0.1, 0.15) is 0 Å². The molecule has 0 amide bonds. The lowest BCUT2D eigenvalue weighted by Gasteiger charge is -2.11. The molecule has 1 aromatic heterocycles. The first kappa shape index (κ1) is 14.0. The fraction of sp³-hybridized carbons (Fsp3) is 0.600. The van der Waals surface area contributed by atoms with Crippen molar-refractivity contribution >= 4 is 10.0 Å². The van der Waals surface area contributed by atoms with Crippen LogP contribution in [0.4, 0.5) is 0 Å². The summed E-state index contributed by atoms with van der Waals surface area (Å²) in [5, 5.41) is 0. The van der Waals surface area contributed by atoms with Crippen molar-refractivity contribution in [3.63, 3.8) is 0 Å². The number of H-pyrrole nitrogens is 2. The molecule has 106 valence electrons. The van der Waals surface area contributed by atoms with E-state index < -0.39 is 26.2 Å². The standard InChI is InChI=1S/C10H15N3O5S/c1-6-8(9(14)13-10(15)12-6)19(16,17)11-5-7-3-2-4-18-7/h7,11H,2-5H2,1H3,(H2,12,13,14,15). The third kappa shape index (κ3) is 3.11. The molecule has 2 heterocycles. The maximum Gasteiger partial charge on any atom is 0.325 e. The van der Waals surface area contributed by atoms with Crippen LogP contribution in [-0.4, -0.2) is 37.6 Å². The van der Waals surface area contributed by atoms with E-state index in [9.17, 15) is 18.0 Å². The van der Waals surface area contributed by atoms with Crippen LogP contribution in [-0.2, 0) is 14.8 Å². The van der Waals surface area contributed by atoms with Gasteiger partial charge in [-0.1, -0.05) is 0 Å². The van der Waals surface area contributed by atoms with Crippen LogP contribution < -0.4 is 16.0 Å². The van der Waals surface area contributed by atoms with Crippen LogP contribution >= 0.6 is 0 Å². The van der Waals surface area contributed by atoms with Gasteiger partial charge < -0.3 is 9.72 Å². The zero-order valence-electron chi connectivity index (χ0n) is 10.4. The van der Waals surface area contributed by atoms with E-state index in [2.05, 4.69) is 9.71 Å². The molecule has 0 saturated carbocycles. The van der Waals surface area contributed by atoms with E-state index in [0.717, 1.165) is 12.8 Å². The van der Waals surface area contributed by atoms with Crippen LogP contribution in [0.1, 0.15) is 18.5 Å². The molecule has 2 rings (SSSR count). The number of aromatic nitrogens is 2. The van der Waals surface area contributed by atoms with Gasteiger partial charge in [-0.3, -0.25) is 9.78 Å². The first-order valence-corrected chi connectivity index (χ1v) is 7.33. The molecule has 1 aliphatic heterocycles. The van der Waals surface area contributed by atoms with Crippen LogP contribution in [0.2, 0.25) is 0 Å². The Balaban J connectivity index is 2.24. The highest BCUT2D eigenvalue weighted by Crippen LogP contribution is 2.12. The minimum atomic E-state index is -3.97. The second-order valence-corrected chi connectivity index (χ2v) is 6.05. The number of ether oxygens (including phenoxy) is 1. The zero-order chi connectivity index (χ0) is 14.0. The molecular formula is C10H15N3O5S. The van der Waals surface area contributed by atoms with E-state index in [4.69, 9.17) is 4.74 Å². The summed E-state index contributed by atoms with van der Waals surface area (Å²) >= 11 is 0. The Morgan fingerprint density at radius 1 is 1.37 bits per heavy atom. The van der Waals surface area contributed by atoms with Gasteiger partial charge in [0.15, 0.2) is 4.90 Å². The minimum Gasteiger partial charge on any atom is -0.377 e. The van der Waals surface area contributed by atoms with E-state index in [1.54, 1.807) is 0 Å². The zero-order valence-corrected chi connectivity index (χ0v) is 11.2. The van der Waals surface area contributed by atoms with Crippen LogP contribution in [0.25, 0.3) is 0 Å².